The summed E-state index contributed by atoms with van der Waals surface area (Å²) in [6.07, 6.45) is 7.15. The summed E-state index contributed by atoms with van der Waals surface area (Å²) in [5, 5.41) is 3.49. The Morgan fingerprint density at radius 1 is 1.19 bits per heavy atom. The van der Waals surface area contributed by atoms with Crippen molar-refractivity contribution in [3.05, 3.63) is 53.9 Å². The van der Waals surface area contributed by atoms with E-state index in [0.29, 0.717) is 6.04 Å². The van der Waals surface area contributed by atoms with Crippen LogP contribution in [-0.4, -0.2) is 18.0 Å². The van der Waals surface area contributed by atoms with Gasteiger partial charge >= 0.3 is 0 Å². The zero-order valence-electron chi connectivity index (χ0n) is 12.1. The van der Waals surface area contributed by atoms with Crippen molar-refractivity contribution < 1.29 is 0 Å². The average Bonchev–Trinajstić information content (AvgIpc) is 2.55. The number of aromatic nitrogens is 1. The molecular formula is C17H18N4. The number of aryl methyl sites for hydroxylation is 1. The summed E-state index contributed by atoms with van der Waals surface area (Å²) in [7, 11) is 2.04. The van der Waals surface area contributed by atoms with Gasteiger partial charge in [0.15, 0.2) is 0 Å². The normalized spacial score (nSPS) is 19.3. The van der Waals surface area contributed by atoms with Gasteiger partial charge in [0, 0.05) is 36.4 Å². The largest absolute Gasteiger partial charge is 0.326 e. The van der Waals surface area contributed by atoms with Crippen molar-refractivity contribution in [2.75, 3.05) is 17.3 Å². The number of aliphatic imine (C=N–C) groups is 1. The summed E-state index contributed by atoms with van der Waals surface area (Å²) >= 11 is 0. The van der Waals surface area contributed by atoms with Crippen LogP contribution in [-0.2, 0) is 6.42 Å². The number of nitrogens with one attached hydrogen (secondary N) is 1. The molecule has 1 aromatic carbocycles. The Labute approximate surface area is 124 Å². The molecule has 106 valence electrons. The quantitative estimate of drug-likeness (QED) is 0.869. The molecular weight excluding hydrogens is 260 g/mol. The van der Waals surface area contributed by atoms with Crippen LogP contribution in [0.3, 0.4) is 0 Å². The van der Waals surface area contributed by atoms with Gasteiger partial charge in [-0.25, -0.2) is 4.99 Å². The Balaban J connectivity index is 1.72. The van der Waals surface area contributed by atoms with E-state index in [1.54, 1.807) is 0 Å². The Morgan fingerprint density at radius 2 is 2.05 bits per heavy atom. The molecule has 1 N–H and O–H groups in total. The molecule has 0 spiro atoms. The molecule has 0 amide bonds. The second-order valence-electron chi connectivity index (χ2n) is 5.63. The second kappa shape index (κ2) is 4.88. The Morgan fingerprint density at radius 3 is 2.90 bits per heavy atom. The number of guanidine groups is 1. The first-order valence-corrected chi connectivity index (χ1v) is 7.43. The summed E-state index contributed by atoms with van der Waals surface area (Å²) < 4.78 is 0. The van der Waals surface area contributed by atoms with E-state index < -0.39 is 0 Å². The second-order valence-corrected chi connectivity index (χ2v) is 5.63. The molecule has 2 aliphatic rings. The lowest BCUT2D eigenvalue weighted by atomic mass is 9.86. The lowest BCUT2D eigenvalue weighted by Crippen LogP contribution is -2.36. The molecule has 0 saturated heterocycles. The fourth-order valence-corrected chi connectivity index (χ4v) is 3.25. The Hall–Kier alpha value is -2.36. The predicted molar refractivity (Wildman–Crippen MR) is 85.8 cm³/mol. The van der Waals surface area contributed by atoms with Gasteiger partial charge in [0.1, 0.15) is 0 Å². The van der Waals surface area contributed by atoms with Crippen LogP contribution in [0.15, 0.2) is 47.7 Å². The third-order valence-corrected chi connectivity index (χ3v) is 4.35. The van der Waals surface area contributed by atoms with Crippen molar-refractivity contribution >= 4 is 17.3 Å². The maximum absolute atomic E-state index is 4.94. The monoisotopic (exact) mass is 278 g/mol. The number of pyridine rings is 1. The highest BCUT2D eigenvalue weighted by Gasteiger charge is 2.28. The third-order valence-electron chi connectivity index (χ3n) is 4.35. The molecule has 2 heterocycles. The maximum Gasteiger partial charge on any atom is 0.203 e. The van der Waals surface area contributed by atoms with E-state index in [9.17, 15) is 0 Å². The van der Waals surface area contributed by atoms with E-state index in [1.165, 1.54) is 29.7 Å². The smallest absolute Gasteiger partial charge is 0.203 e. The minimum Gasteiger partial charge on any atom is -0.326 e. The number of nitrogens with zero attached hydrogens (tertiary/aromatic N) is 3. The molecule has 0 bridgehead atoms. The van der Waals surface area contributed by atoms with Crippen molar-refractivity contribution in [3.63, 3.8) is 0 Å². The predicted octanol–water partition coefficient (Wildman–Crippen LogP) is 3.38. The molecule has 4 rings (SSSR count). The maximum atomic E-state index is 4.94. The molecule has 4 heteroatoms. The highest BCUT2D eigenvalue weighted by molar-refractivity contribution is 6.06. The molecule has 1 atom stereocenters. The van der Waals surface area contributed by atoms with Crippen LogP contribution in [0, 0.1) is 0 Å². The molecule has 0 radical (unpaired) electrons. The first kappa shape index (κ1) is 12.4. The van der Waals surface area contributed by atoms with Gasteiger partial charge < -0.3 is 10.2 Å². The fraction of sp³-hybridized carbons (Fsp3) is 0.294. The molecule has 21 heavy (non-hydrogen) atoms. The van der Waals surface area contributed by atoms with Gasteiger partial charge in [0.25, 0.3) is 0 Å². The van der Waals surface area contributed by atoms with E-state index in [1.807, 2.05) is 31.6 Å². The van der Waals surface area contributed by atoms with E-state index >= 15 is 0 Å². The molecule has 1 aliphatic heterocycles. The first-order valence-electron chi connectivity index (χ1n) is 7.43. The third kappa shape index (κ3) is 2.07. The number of benzene rings is 1. The minimum absolute atomic E-state index is 0.297. The topological polar surface area (TPSA) is 40.5 Å². The molecule has 2 aromatic rings. The number of rotatable bonds is 1. The van der Waals surface area contributed by atoms with Crippen molar-refractivity contribution in [1.82, 2.24) is 4.98 Å². The highest BCUT2D eigenvalue weighted by atomic mass is 15.3. The summed E-state index contributed by atoms with van der Waals surface area (Å²) in [5.41, 5.74) is 5.15. The van der Waals surface area contributed by atoms with Gasteiger partial charge in [-0.3, -0.25) is 4.98 Å². The number of hydrogen-bond donors (Lipinski definition) is 1. The van der Waals surface area contributed by atoms with Gasteiger partial charge in [0.2, 0.25) is 5.96 Å². The SMILES string of the molecule is CN(C1=NC2CCCc3cccc(c32)N1)c1ccncc1. The fourth-order valence-electron chi connectivity index (χ4n) is 3.25. The lowest BCUT2D eigenvalue weighted by Gasteiger charge is -2.33. The van der Waals surface area contributed by atoms with Crippen LogP contribution >= 0.6 is 0 Å². The van der Waals surface area contributed by atoms with Crippen LogP contribution in [0.2, 0.25) is 0 Å². The van der Waals surface area contributed by atoms with Crippen LogP contribution in [0.25, 0.3) is 0 Å². The summed E-state index contributed by atoms with van der Waals surface area (Å²) in [6, 6.07) is 10.8. The number of anilines is 2. The van der Waals surface area contributed by atoms with Gasteiger partial charge in [-0.05, 0) is 43.0 Å². The summed E-state index contributed by atoms with van der Waals surface area (Å²) in [4.78, 5) is 11.1. The lowest BCUT2D eigenvalue weighted by molar-refractivity contribution is 0.569. The van der Waals surface area contributed by atoms with Crippen LogP contribution in [0.1, 0.15) is 30.0 Å². The van der Waals surface area contributed by atoms with Crippen molar-refractivity contribution in [2.45, 2.75) is 25.3 Å². The van der Waals surface area contributed by atoms with E-state index in [-0.39, 0.29) is 0 Å². The standard InChI is InChI=1S/C17H18N4/c1-21(13-8-10-18-11-9-13)17-19-14-6-2-4-12-5-3-7-15(20-17)16(12)14/h2,4,6,8-11,15H,3,5,7H2,1H3,(H,19,20). The molecule has 1 unspecified atom stereocenters. The van der Waals surface area contributed by atoms with Crippen LogP contribution in [0.4, 0.5) is 11.4 Å². The zero-order valence-corrected chi connectivity index (χ0v) is 12.1. The first-order chi connectivity index (χ1) is 10.3. The van der Waals surface area contributed by atoms with Gasteiger partial charge in [0.05, 0.1) is 6.04 Å². The Kier molecular flexibility index (Phi) is 2.88. The minimum atomic E-state index is 0.297. The molecule has 1 aromatic heterocycles. The molecule has 4 nitrogen and oxygen atoms in total. The highest BCUT2D eigenvalue weighted by Crippen LogP contribution is 2.40. The Bertz CT molecular complexity index is 693. The number of hydrogen-bond acceptors (Lipinski definition) is 4. The molecule has 1 aliphatic carbocycles. The van der Waals surface area contributed by atoms with Crippen molar-refractivity contribution in [3.8, 4) is 0 Å². The average molecular weight is 278 g/mol. The van der Waals surface area contributed by atoms with Crippen LogP contribution < -0.4 is 10.2 Å². The van der Waals surface area contributed by atoms with Crippen molar-refractivity contribution in [2.24, 2.45) is 4.99 Å². The molecule has 0 fully saturated rings. The van der Waals surface area contributed by atoms with E-state index in [2.05, 4.69) is 33.4 Å². The van der Waals surface area contributed by atoms with Crippen LogP contribution in [0.5, 0.6) is 0 Å². The van der Waals surface area contributed by atoms with E-state index in [4.69, 9.17) is 4.99 Å². The summed E-state index contributed by atoms with van der Waals surface area (Å²) in [5.74, 6) is 0.915. The summed E-state index contributed by atoms with van der Waals surface area (Å²) in [6.45, 7) is 0. The van der Waals surface area contributed by atoms with Gasteiger partial charge in [-0.15, -0.1) is 0 Å². The van der Waals surface area contributed by atoms with Crippen molar-refractivity contribution in [1.29, 1.82) is 0 Å². The van der Waals surface area contributed by atoms with E-state index in [0.717, 1.165) is 18.1 Å². The van der Waals surface area contributed by atoms with Gasteiger partial charge in [-0.1, -0.05) is 12.1 Å². The van der Waals surface area contributed by atoms with Gasteiger partial charge in [-0.2, -0.15) is 0 Å². The molecule has 0 saturated carbocycles. The zero-order chi connectivity index (χ0) is 14.2.